The molecule has 64 valence electrons. The van der Waals surface area contributed by atoms with E-state index >= 15 is 0 Å². The number of hydrogen-bond acceptors (Lipinski definition) is 2. The molecular formula is C9H18N2. The summed E-state index contributed by atoms with van der Waals surface area (Å²) in [5, 5.41) is 3.54. The maximum atomic E-state index is 3.54. The Morgan fingerprint density at radius 1 is 1.27 bits per heavy atom. The summed E-state index contributed by atoms with van der Waals surface area (Å²) in [7, 11) is 0. The fourth-order valence-corrected chi connectivity index (χ4v) is 2.43. The Balaban J connectivity index is 1.99. The molecule has 0 aromatic heterocycles. The molecule has 2 aliphatic heterocycles. The van der Waals surface area contributed by atoms with Crippen LogP contribution in [0.2, 0.25) is 0 Å². The Morgan fingerprint density at radius 3 is 3.00 bits per heavy atom. The average Bonchev–Trinajstić information content (AvgIpc) is 2.06. The molecular weight excluding hydrogens is 136 g/mol. The summed E-state index contributed by atoms with van der Waals surface area (Å²) in [6.07, 6.45) is 4.27. The zero-order chi connectivity index (χ0) is 7.68. The molecule has 2 rings (SSSR count). The van der Waals surface area contributed by atoms with Gasteiger partial charge in [0.25, 0.3) is 0 Å². The number of fused-ring (bicyclic) bond motifs is 1. The molecule has 2 unspecified atom stereocenters. The Bertz CT molecular complexity index is 134. The SMILES string of the molecule is CC1NCCN2CCCCC12. The van der Waals surface area contributed by atoms with Crippen molar-refractivity contribution in [2.75, 3.05) is 19.6 Å². The lowest BCUT2D eigenvalue weighted by molar-refractivity contribution is 0.0895. The highest BCUT2D eigenvalue weighted by molar-refractivity contribution is 4.88. The molecule has 2 saturated heterocycles. The fraction of sp³-hybridized carbons (Fsp3) is 1.00. The van der Waals surface area contributed by atoms with Crippen LogP contribution in [0.4, 0.5) is 0 Å². The summed E-state index contributed by atoms with van der Waals surface area (Å²) < 4.78 is 0. The molecule has 0 aromatic carbocycles. The molecule has 11 heavy (non-hydrogen) atoms. The normalized spacial score (nSPS) is 40.1. The largest absolute Gasteiger partial charge is 0.311 e. The number of rotatable bonds is 0. The van der Waals surface area contributed by atoms with E-state index in [0.29, 0.717) is 0 Å². The molecule has 2 aliphatic rings. The Morgan fingerprint density at radius 2 is 2.18 bits per heavy atom. The van der Waals surface area contributed by atoms with Crippen molar-refractivity contribution in [3.05, 3.63) is 0 Å². The third kappa shape index (κ3) is 1.42. The van der Waals surface area contributed by atoms with Gasteiger partial charge in [0.15, 0.2) is 0 Å². The molecule has 2 fully saturated rings. The van der Waals surface area contributed by atoms with E-state index in [1.165, 1.54) is 38.9 Å². The summed E-state index contributed by atoms with van der Waals surface area (Å²) in [5.41, 5.74) is 0. The van der Waals surface area contributed by atoms with Gasteiger partial charge in [-0.05, 0) is 26.3 Å². The van der Waals surface area contributed by atoms with Crippen molar-refractivity contribution in [3.8, 4) is 0 Å². The highest BCUT2D eigenvalue weighted by atomic mass is 15.2. The van der Waals surface area contributed by atoms with Crippen molar-refractivity contribution in [1.82, 2.24) is 10.2 Å². The van der Waals surface area contributed by atoms with Gasteiger partial charge < -0.3 is 5.32 Å². The van der Waals surface area contributed by atoms with Crippen LogP contribution in [0.3, 0.4) is 0 Å². The molecule has 0 aliphatic carbocycles. The number of hydrogen-bond donors (Lipinski definition) is 1. The van der Waals surface area contributed by atoms with E-state index in [0.717, 1.165) is 12.1 Å². The van der Waals surface area contributed by atoms with E-state index in [1.807, 2.05) is 0 Å². The second kappa shape index (κ2) is 3.11. The minimum atomic E-state index is 0.726. The van der Waals surface area contributed by atoms with Crippen LogP contribution in [0.15, 0.2) is 0 Å². The maximum Gasteiger partial charge on any atom is 0.0247 e. The van der Waals surface area contributed by atoms with Gasteiger partial charge in [-0.25, -0.2) is 0 Å². The first kappa shape index (κ1) is 7.56. The molecule has 2 atom stereocenters. The first-order chi connectivity index (χ1) is 5.38. The Labute approximate surface area is 69.0 Å². The lowest BCUT2D eigenvalue weighted by Gasteiger charge is -2.43. The van der Waals surface area contributed by atoms with Crippen LogP contribution < -0.4 is 5.32 Å². The van der Waals surface area contributed by atoms with Crippen LogP contribution in [0, 0.1) is 0 Å². The molecule has 2 heteroatoms. The summed E-state index contributed by atoms with van der Waals surface area (Å²) in [6, 6.07) is 1.57. The number of nitrogens with one attached hydrogen (secondary N) is 1. The van der Waals surface area contributed by atoms with Gasteiger partial charge in [0.1, 0.15) is 0 Å². The Kier molecular flexibility index (Phi) is 2.14. The maximum absolute atomic E-state index is 3.54. The van der Waals surface area contributed by atoms with Gasteiger partial charge in [-0.1, -0.05) is 6.42 Å². The quantitative estimate of drug-likeness (QED) is 0.556. The van der Waals surface area contributed by atoms with Crippen LogP contribution >= 0.6 is 0 Å². The van der Waals surface area contributed by atoms with E-state index < -0.39 is 0 Å². The zero-order valence-electron chi connectivity index (χ0n) is 7.34. The monoisotopic (exact) mass is 154 g/mol. The third-order valence-electron chi connectivity index (χ3n) is 3.11. The first-order valence-corrected chi connectivity index (χ1v) is 4.85. The molecule has 1 N–H and O–H groups in total. The number of piperidine rings is 1. The van der Waals surface area contributed by atoms with Crippen molar-refractivity contribution in [2.45, 2.75) is 38.3 Å². The van der Waals surface area contributed by atoms with Gasteiger partial charge in [0.2, 0.25) is 0 Å². The topological polar surface area (TPSA) is 15.3 Å². The third-order valence-corrected chi connectivity index (χ3v) is 3.11. The fourth-order valence-electron chi connectivity index (χ4n) is 2.43. The summed E-state index contributed by atoms with van der Waals surface area (Å²) in [5.74, 6) is 0. The van der Waals surface area contributed by atoms with Crippen LogP contribution in [0.1, 0.15) is 26.2 Å². The van der Waals surface area contributed by atoms with Gasteiger partial charge in [-0.15, -0.1) is 0 Å². The van der Waals surface area contributed by atoms with Gasteiger partial charge in [0, 0.05) is 25.2 Å². The number of piperazine rings is 1. The molecule has 2 nitrogen and oxygen atoms in total. The zero-order valence-corrected chi connectivity index (χ0v) is 7.34. The lowest BCUT2D eigenvalue weighted by Crippen LogP contribution is -2.58. The van der Waals surface area contributed by atoms with Crippen LogP contribution in [-0.4, -0.2) is 36.6 Å². The molecule has 0 bridgehead atoms. The molecule has 0 radical (unpaired) electrons. The molecule has 0 saturated carbocycles. The lowest BCUT2D eigenvalue weighted by atomic mass is 9.95. The molecule has 2 heterocycles. The van der Waals surface area contributed by atoms with Gasteiger partial charge in [0.05, 0.1) is 0 Å². The second-order valence-electron chi connectivity index (χ2n) is 3.84. The minimum absolute atomic E-state index is 0.726. The Hall–Kier alpha value is -0.0800. The van der Waals surface area contributed by atoms with Crippen LogP contribution in [0.5, 0.6) is 0 Å². The summed E-state index contributed by atoms with van der Waals surface area (Å²) in [6.45, 7) is 6.13. The smallest absolute Gasteiger partial charge is 0.0247 e. The van der Waals surface area contributed by atoms with E-state index in [4.69, 9.17) is 0 Å². The van der Waals surface area contributed by atoms with Crippen molar-refractivity contribution < 1.29 is 0 Å². The predicted molar refractivity (Wildman–Crippen MR) is 46.7 cm³/mol. The van der Waals surface area contributed by atoms with E-state index in [9.17, 15) is 0 Å². The van der Waals surface area contributed by atoms with Gasteiger partial charge >= 0.3 is 0 Å². The van der Waals surface area contributed by atoms with Gasteiger partial charge in [-0.3, -0.25) is 4.90 Å². The average molecular weight is 154 g/mol. The molecule has 0 amide bonds. The second-order valence-corrected chi connectivity index (χ2v) is 3.84. The van der Waals surface area contributed by atoms with Crippen LogP contribution in [0.25, 0.3) is 0 Å². The van der Waals surface area contributed by atoms with E-state index in [2.05, 4.69) is 17.1 Å². The number of nitrogens with zero attached hydrogens (tertiary/aromatic N) is 1. The minimum Gasteiger partial charge on any atom is -0.311 e. The highest BCUT2D eigenvalue weighted by Gasteiger charge is 2.29. The standard InChI is InChI=1S/C9H18N2/c1-8-9-4-2-3-6-11(9)7-5-10-8/h8-10H,2-7H2,1H3. The first-order valence-electron chi connectivity index (χ1n) is 4.85. The van der Waals surface area contributed by atoms with Crippen molar-refractivity contribution in [2.24, 2.45) is 0 Å². The highest BCUT2D eigenvalue weighted by Crippen LogP contribution is 2.21. The van der Waals surface area contributed by atoms with Crippen molar-refractivity contribution in [1.29, 1.82) is 0 Å². The van der Waals surface area contributed by atoms with Crippen molar-refractivity contribution >= 4 is 0 Å². The van der Waals surface area contributed by atoms with Crippen LogP contribution in [-0.2, 0) is 0 Å². The van der Waals surface area contributed by atoms with Crippen molar-refractivity contribution in [3.63, 3.8) is 0 Å². The van der Waals surface area contributed by atoms with Gasteiger partial charge in [-0.2, -0.15) is 0 Å². The summed E-state index contributed by atoms with van der Waals surface area (Å²) in [4.78, 5) is 2.66. The van der Waals surface area contributed by atoms with E-state index in [1.54, 1.807) is 0 Å². The van der Waals surface area contributed by atoms with E-state index in [-0.39, 0.29) is 0 Å². The summed E-state index contributed by atoms with van der Waals surface area (Å²) >= 11 is 0. The molecule has 0 spiro atoms. The molecule has 0 aromatic rings. The predicted octanol–water partition coefficient (Wildman–Crippen LogP) is 0.833.